The van der Waals surface area contributed by atoms with E-state index in [0.29, 0.717) is 23.4 Å². The first-order chi connectivity index (χ1) is 14.4. The predicted octanol–water partition coefficient (Wildman–Crippen LogP) is 2.85. The van der Waals surface area contributed by atoms with Crippen LogP contribution in [-0.2, 0) is 6.54 Å². The molecule has 9 nitrogen and oxygen atoms in total. The molecule has 162 valence electrons. The van der Waals surface area contributed by atoms with E-state index in [9.17, 15) is 13.6 Å². The maximum atomic E-state index is 12.3. The molecule has 0 radical (unpaired) electrons. The zero-order valence-electron chi connectivity index (χ0n) is 16.9. The van der Waals surface area contributed by atoms with Crippen LogP contribution in [0.2, 0.25) is 0 Å². The van der Waals surface area contributed by atoms with E-state index in [0.717, 1.165) is 25.9 Å². The van der Waals surface area contributed by atoms with Crippen LogP contribution in [0.15, 0.2) is 24.3 Å². The van der Waals surface area contributed by atoms with Gasteiger partial charge in [0.15, 0.2) is 5.82 Å². The van der Waals surface area contributed by atoms with Gasteiger partial charge in [0.1, 0.15) is 5.75 Å². The van der Waals surface area contributed by atoms with Gasteiger partial charge in [-0.3, -0.25) is 0 Å². The lowest BCUT2D eigenvalue weighted by Crippen LogP contribution is -2.33. The summed E-state index contributed by atoms with van der Waals surface area (Å²) in [5.74, 6) is 1.50. The lowest BCUT2D eigenvalue weighted by Gasteiger charge is -2.27. The number of benzene rings is 1. The number of halogens is 2. The Morgan fingerprint density at radius 1 is 1.20 bits per heavy atom. The van der Waals surface area contributed by atoms with Gasteiger partial charge in [0.2, 0.25) is 11.9 Å². The molecule has 0 bridgehead atoms. The van der Waals surface area contributed by atoms with Gasteiger partial charge < -0.3 is 25.2 Å². The Hall–Kier alpha value is -3.24. The molecule has 0 aliphatic carbocycles. The fourth-order valence-electron chi connectivity index (χ4n) is 2.99. The van der Waals surface area contributed by atoms with Gasteiger partial charge in [-0.15, -0.1) is 0 Å². The van der Waals surface area contributed by atoms with E-state index in [-0.39, 0.29) is 12.3 Å². The minimum atomic E-state index is -2.93. The number of hydrogen-bond donors (Lipinski definition) is 2. The number of anilines is 3. The molecule has 1 aliphatic rings. The van der Waals surface area contributed by atoms with Crippen molar-refractivity contribution in [2.75, 3.05) is 42.3 Å². The molecule has 2 N–H and O–H groups in total. The Balaban J connectivity index is 1.64. The summed E-state index contributed by atoms with van der Waals surface area (Å²) in [7, 11) is 3.68. The average Bonchev–Trinajstić information content (AvgIpc) is 2.72. The van der Waals surface area contributed by atoms with Gasteiger partial charge in [0.05, 0.1) is 6.54 Å². The lowest BCUT2D eigenvalue weighted by atomic mass is 10.1. The fraction of sp³-hybridized carbons (Fsp3) is 0.474. The summed E-state index contributed by atoms with van der Waals surface area (Å²) in [6.07, 6.45) is 3.38. The Labute approximate surface area is 173 Å². The van der Waals surface area contributed by atoms with Crippen LogP contribution >= 0.6 is 0 Å². The second-order valence-electron chi connectivity index (χ2n) is 7.01. The van der Waals surface area contributed by atoms with Crippen molar-refractivity contribution in [1.29, 1.82) is 0 Å². The summed E-state index contributed by atoms with van der Waals surface area (Å²) in [6.45, 7) is -1.07. The third-order valence-corrected chi connectivity index (χ3v) is 4.42. The molecule has 0 atom stereocenters. The second-order valence-corrected chi connectivity index (χ2v) is 7.01. The number of hydrogen-bond acceptors (Lipinski definition) is 7. The minimum absolute atomic E-state index is 0.0398. The topological polar surface area (TPSA) is 95.5 Å². The molecule has 3 rings (SSSR count). The van der Waals surface area contributed by atoms with Crippen LogP contribution in [0.1, 0.15) is 25.1 Å². The van der Waals surface area contributed by atoms with E-state index in [2.05, 4.69) is 35.2 Å². The zero-order valence-corrected chi connectivity index (χ0v) is 16.9. The van der Waals surface area contributed by atoms with Crippen LogP contribution in [-0.4, -0.2) is 54.8 Å². The zero-order chi connectivity index (χ0) is 21.5. The van der Waals surface area contributed by atoms with Crippen molar-refractivity contribution < 1.29 is 18.3 Å². The molecule has 1 aliphatic heterocycles. The molecular formula is C19H25F2N7O2. The summed E-state index contributed by atoms with van der Waals surface area (Å²) in [5.41, 5.74) is 0.323. The van der Waals surface area contributed by atoms with Crippen molar-refractivity contribution in [3.05, 3.63) is 30.1 Å². The normalized spacial score (nSPS) is 13.8. The number of nitrogens with zero attached hydrogens (tertiary/aromatic N) is 5. The lowest BCUT2D eigenvalue weighted by molar-refractivity contribution is -0.0497. The summed E-state index contributed by atoms with van der Waals surface area (Å²) in [5, 5.41) is 5.25. The van der Waals surface area contributed by atoms with Gasteiger partial charge in [-0.25, -0.2) is 4.79 Å². The van der Waals surface area contributed by atoms with Gasteiger partial charge in [-0.2, -0.15) is 23.7 Å². The highest BCUT2D eigenvalue weighted by molar-refractivity contribution is 5.89. The van der Waals surface area contributed by atoms with E-state index in [4.69, 9.17) is 0 Å². The summed E-state index contributed by atoms with van der Waals surface area (Å²) >= 11 is 0. The monoisotopic (exact) mass is 421 g/mol. The van der Waals surface area contributed by atoms with Crippen molar-refractivity contribution in [2.24, 2.45) is 0 Å². The third kappa shape index (κ3) is 6.13. The Morgan fingerprint density at radius 2 is 1.97 bits per heavy atom. The molecule has 0 unspecified atom stereocenters. The largest absolute Gasteiger partial charge is 0.435 e. The minimum Gasteiger partial charge on any atom is -0.435 e. The molecule has 1 fully saturated rings. The molecule has 2 amide bonds. The summed E-state index contributed by atoms with van der Waals surface area (Å²) in [6, 6.07) is 5.25. The Kier molecular flexibility index (Phi) is 7.15. The SMILES string of the molecule is CN(C)c1nc(CNC(=O)Nc2cccc(OC(F)F)c2)nc(N2CCCCC2)n1. The van der Waals surface area contributed by atoms with Gasteiger partial charge in [-0.05, 0) is 31.4 Å². The number of urea groups is 1. The number of piperidine rings is 1. The average molecular weight is 421 g/mol. The molecule has 2 aromatic rings. The third-order valence-electron chi connectivity index (χ3n) is 4.42. The molecule has 2 heterocycles. The molecule has 1 aromatic carbocycles. The van der Waals surface area contributed by atoms with Crippen molar-refractivity contribution >= 4 is 23.6 Å². The van der Waals surface area contributed by atoms with Crippen molar-refractivity contribution in [2.45, 2.75) is 32.4 Å². The molecule has 11 heteroatoms. The second kappa shape index (κ2) is 9.99. The van der Waals surface area contributed by atoms with Crippen molar-refractivity contribution in [1.82, 2.24) is 20.3 Å². The standard InChI is InChI=1S/C19H25F2N7O2/c1-27(2)17-24-15(25-18(26-17)28-9-4-3-5-10-28)12-22-19(29)23-13-7-6-8-14(11-13)30-16(20)21/h6-8,11,16H,3-5,9-10,12H2,1-2H3,(H2,22,23,29). The van der Waals surface area contributed by atoms with E-state index < -0.39 is 12.6 Å². The van der Waals surface area contributed by atoms with Gasteiger partial charge in [0, 0.05) is 38.9 Å². The Bertz CT molecular complexity index is 861. The number of ether oxygens (including phenoxy) is 1. The molecule has 0 spiro atoms. The quantitative estimate of drug-likeness (QED) is 0.710. The molecule has 30 heavy (non-hydrogen) atoms. The van der Waals surface area contributed by atoms with Crippen LogP contribution in [0.25, 0.3) is 0 Å². The van der Waals surface area contributed by atoms with Crippen LogP contribution in [0.5, 0.6) is 5.75 Å². The summed E-state index contributed by atoms with van der Waals surface area (Å²) in [4.78, 5) is 29.5. The number of nitrogens with one attached hydrogen (secondary N) is 2. The first-order valence-electron chi connectivity index (χ1n) is 9.67. The van der Waals surface area contributed by atoms with E-state index >= 15 is 0 Å². The van der Waals surface area contributed by atoms with Crippen LogP contribution in [0.3, 0.4) is 0 Å². The maximum absolute atomic E-state index is 12.3. The van der Waals surface area contributed by atoms with Crippen LogP contribution in [0, 0.1) is 0 Å². The first kappa shape index (κ1) is 21.5. The predicted molar refractivity (Wildman–Crippen MR) is 109 cm³/mol. The summed E-state index contributed by atoms with van der Waals surface area (Å²) < 4.78 is 29.0. The van der Waals surface area contributed by atoms with Gasteiger partial charge >= 0.3 is 12.6 Å². The molecular weight excluding hydrogens is 396 g/mol. The number of alkyl halides is 2. The molecule has 1 aromatic heterocycles. The smallest absolute Gasteiger partial charge is 0.387 e. The number of amides is 2. The number of carbonyl (C=O) groups excluding carboxylic acids is 1. The van der Waals surface area contributed by atoms with Gasteiger partial charge in [-0.1, -0.05) is 6.07 Å². The van der Waals surface area contributed by atoms with E-state index in [1.165, 1.54) is 24.6 Å². The highest BCUT2D eigenvalue weighted by atomic mass is 19.3. The number of carbonyl (C=O) groups is 1. The van der Waals surface area contributed by atoms with E-state index in [1.54, 1.807) is 11.0 Å². The van der Waals surface area contributed by atoms with Crippen LogP contribution < -0.4 is 25.2 Å². The van der Waals surface area contributed by atoms with Crippen LogP contribution in [0.4, 0.5) is 31.2 Å². The highest BCUT2D eigenvalue weighted by Gasteiger charge is 2.17. The van der Waals surface area contributed by atoms with Crippen molar-refractivity contribution in [3.63, 3.8) is 0 Å². The number of aromatic nitrogens is 3. The highest BCUT2D eigenvalue weighted by Crippen LogP contribution is 2.20. The molecule has 0 saturated carbocycles. The molecule has 1 saturated heterocycles. The maximum Gasteiger partial charge on any atom is 0.387 e. The Morgan fingerprint density at radius 3 is 2.67 bits per heavy atom. The first-order valence-corrected chi connectivity index (χ1v) is 9.67. The van der Waals surface area contributed by atoms with Crippen molar-refractivity contribution in [3.8, 4) is 5.75 Å². The number of rotatable bonds is 7. The van der Waals surface area contributed by atoms with E-state index in [1.807, 2.05) is 14.1 Å². The van der Waals surface area contributed by atoms with Gasteiger partial charge in [0.25, 0.3) is 0 Å². The fourth-order valence-corrected chi connectivity index (χ4v) is 2.99.